The summed E-state index contributed by atoms with van der Waals surface area (Å²) in [5, 5.41) is 3.64. The van der Waals surface area contributed by atoms with Crippen molar-refractivity contribution in [2.24, 2.45) is 0 Å². The van der Waals surface area contributed by atoms with E-state index in [1.807, 2.05) is 24.3 Å². The molecule has 19 heavy (non-hydrogen) atoms. The normalized spacial score (nSPS) is 11.6. The van der Waals surface area contributed by atoms with Crippen molar-refractivity contribution in [3.05, 3.63) is 41.5 Å². The fourth-order valence-electron chi connectivity index (χ4n) is 1.68. The molecule has 0 aliphatic carbocycles. The van der Waals surface area contributed by atoms with Gasteiger partial charge < -0.3 is 10.3 Å². The van der Waals surface area contributed by atoms with Crippen LogP contribution in [0.5, 0.6) is 0 Å². The number of nitrogens with two attached hydrogens (primary N) is 1. The van der Waals surface area contributed by atoms with Gasteiger partial charge in [0.25, 0.3) is 0 Å². The molecule has 0 saturated heterocycles. The van der Waals surface area contributed by atoms with Crippen LogP contribution in [0.15, 0.2) is 28.8 Å². The number of anilines is 1. The molecule has 0 amide bonds. The lowest BCUT2D eigenvalue weighted by Crippen LogP contribution is -2.02. The predicted octanol–water partition coefficient (Wildman–Crippen LogP) is 0.982. The van der Waals surface area contributed by atoms with Crippen LogP contribution in [-0.4, -0.2) is 24.8 Å². The fourth-order valence-corrected chi connectivity index (χ4v) is 2.27. The van der Waals surface area contributed by atoms with Gasteiger partial charge in [-0.05, 0) is 24.1 Å². The molecule has 0 atom stereocenters. The highest BCUT2D eigenvalue weighted by atomic mass is 32.2. The Bertz CT molecular complexity index is 664. The van der Waals surface area contributed by atoms with Gasteiger partial charge in [0, 0.05) is 18.4 Å². The van der Waals surface area contributed by atoms with Gasteiger partial charge in [0.05, 0.1) is 0 Å². The quantitative estimate of drug-likeness (QED) is 0.820. The van der Waals surface area contributed by atoms with E-state index in [9.17, 15) is 8.42 Å². The van der Waals surface area contributed by atoms with Gasteiger partial charge >= 0.3 is 0 Å². The summed E-state index contributed by atoms with van der Waals surface area (Å²) in [5.41, 5.74) is 7.46. The molecule has 2 rings (SSSR count). The first-order valence-corrected chi connectivity index (χ1v) is 7.82. The summed E-state index contributed by atoms with van der Waals surface area (Å²) >= 11 is 0. The Balaban J connectivity index is 1.97. The largest absolute Gasteiger partial charge is 0.399 e. The van der Waals surface area contributed by atoms with E-state index in [1.165, 1.54) is 0 Å². The minimum atomic E-state index is -3.14. The van der Waals surface area contributed by atoms with Gasteiger partial charge in [0.15, 0.2) is 15.7 Å². The number of rotatable bonds is 5. The molecule has 2 N–H and O–H groups in total. The molecular weight excluding hydrogens is 266 g/mol. The molecule has 7 heteroatoms. The first-order valence-electron chi connectivity index (χ1n) is 5.76. The SMILES string of the molecule is CS(=O)(=O)Cc1noc(CCc2cccc(N)c2)n1. The molecular formula is C12H15N3O3S. The number of aryl methyl sites for hydroxylation is 2. The third-order valence-electron chi connectivity index (χ3n) is 2.48. The van der Waals surface area contributed by atoms with Crippen LogP contribution < -0.4 is 5.73 Å². The van der Waals surface area contributed by atoms with Gasteiger partial charge in [0.1, 0.15) is 5.75 Å². The van der Waals surface area contributed by atoms with E-state index in [4.69, 9.17) is 10.3 Å². The van der Waals surface area contributed by atoms with Gasteiger partial charge in [-0.1, -0.05) is 17.3 Å². The lowest BCUT2D eigenvalue weighted by atomic mass is 10.1. The van der Waals surface area contributed by atoms with Gasteiger partial charge in [0.2, 0.25) is 5.89 Å². The highest BCUT2D eigenvalue weighted by Crippen LogP contribution is 2.10. The van der Waals surface area contributed by atoms with Crippen LogP contribution >= 0.6 is 0 Å². The maximum Gasteiger partial charge on any atom is 0.227 e. The van der Waals surface area contributed by atoms with Crippen LogP contribution in [0.25, 0.3) is 0 Å². The molecule has 0 bridgehead atoms. The summed E-state index contributed by atoms with van der Waals surface area (Å²) in [7, 11) is -3.14. The summed E-state index contributed by atoms with van der Waals surface area (Å²) in [6, 6.07) is 7.55. The van der Waals surface area contributed by atoms with Crippen LogP contribution in [0.4, 0.5) is 5.69 Å². The van der Waals surface area contributed by atoms with E-state index in [2.05, 4.69) is 10.1 Å². The van der Waals surface area contributed by atoms with Crippen molar-refractivity contribution in [1.82, 2.24) is 10.1 Å². The average molecular weight is 281 g/mol. The Morgan fingerprint density at radius 2 is 2.11 bits per heavy atom. The van der Waals surface area contributed by atoms with Crippen molar-refractivity contribution in [1.29, 1.82) is 0 Å². The van der Waals surface area contributed by atoms with Crippen molar-refractivity contribution >= 4 is 15.5 Å². The number of sulfone groups is 1. The number of benzene rings is 1. The lowest BCUT2D eigenvalue weighted by Gasteiger charge is -1.99. The van der Waals surface area contributed by atoms with Gasteiger partial charge in [-0.3, -0.25) is 0 Å². The third kappa shape index (κ3) is 4.36. The van der Waals surface area contributed by atoms with E-state index in [-0.39, 0.29) is 11.6 Å². The topological polar surface area (TPSA) is 99.1 Å². The second kappa shape index (κ2) is 5.40. The van der Waals surface area contributed by atoms with Crippen molar-refractivity contribution in [2.45, 2.75) is 18.6 Å². The second-order valence-corrected chi connectivity index (χ2v) is 6.56. The van der Waals surface area contributed by atoms with E-state index < -0.39 is 9.84 Å². The Morgan fingerprint density at radius 1 is 1.32 bits per heavy atom. The van der Waals surface area contributed by atoms with Crippen LogP contribution in [0.3, 0.4) is 0 Å². The van der Waals surface area contributed by atoms with Crippen molar-refractivity contribution in [3.63, 3.8) is 0 Å². The first-order chi connectivity index (χ1) is 8.92. The summed E-state index contributed by atoms with van der Waals surface area (Å²) in [5.74, 6) is 0.431. The Morgan fingerprint density at radius 3 is 2.79 bits per heavy atom. The number of aromatic nitrogens is 2. The standard InChI is InChI=1S/C12H15N3O3S/c1-19(16,17)8-11-14-12(18-15-11)6-5-9-3-2-4-10(13)7-9/h2-4,7H,5-6,8,13H2,1H3. The zero-order chi connectivity index (χ0) is 13.9. The van der Waals surface area contributed by atoms with Crippen LogP contribution in [0.2, 0.25) is 0 Å². The van der Waals surface area contributed by atoms with Gasteiger partial charge in [-0.2, -0.15) is 4.98 Å². The molecule has 0 unspecified atom stereocenters. The van der Waals surface area contributed by atoms with Gasteiger partial charge in [-0.25, -0.2) is 8.42 Å². The Hall–Kier alpha value is -1.89. The maximum absolute atomic E-state index is 11.1. The molecule has 1 aromatic carbocycles. The molecule has 1 heterocycles. The molecule has 0 aliphatic rings. The number of hydrogen-bond donors (Lipinski definition) is 1. The molecule has 6 nitrogen and oxygen atoms in total. The molecule has 2 aromatic rings. The Labute approximate surface area is 111 Å². The van der Waals surface area contributed by atoms with E-state index in [1.54, 1.807) is 0 Å². The number of hydrogen-bond acceptors (Lipinski definition) is 6. The molecule has 0 saturated carbocycles. The lowest BCUT2D eigenvalue weighted by molar-refractivity contribution is 0.374. The average Bonchev–Trinajstić information content (AvgIpc) is 2.72. The van der Waals surface area contributed by atoms with E-state index in [0.717, 1.165) is 11.8 Å². The molecule has 102 valence electrons. The summed E-state index contributed by atoms with van der Waals surface area (Å²) in [6.07, 6.45) is 2.40. The number of nitrogen functional groups attached to an aromatic ring is 1. The van der Waals surface area contributed by atoms with Crippen molar-refractivity contribution in [3.8, 4) is 0 Å². The van der Waals surface area contributed by atoms with Gasteiger partial charge in [-0.15, -0.1) is 0 Å². The molecule has 0 fully saturated rings. The second-order valence-electron chi connectivity index (χ2n) is 4.42. The molecule has 0 aliphatic heterocycles. The third-order valence-corrected chi connectivity index (χ3v) is 3.26. The smallest absolute Gasteiger partial charge is 0.227 e. The minimum absolute atomic E-state index is 0.199. The highest BCUT2D eigenvalue weighted by Gasteiger charge is 2.12. The predicted molar refractivity (Wildman–Crippen MR) is 71.1 cm³/mol. The van der Waals surface area contributed by atoms with Crippen LogP contribution in [0, 0.1) is 0 Å². The first kappa shape index (κ1) is 13.5. The maximum atomic E-state index is 11.1. The minimum Gasteiger partial charge on any atom is -0.399 e. The monoisotopic (exact) mass is 281 g/mol. The van der Waals surface area contributed by atoms with E-state index in [0.29, 0.717) is 24.4 Å². The summed E-state index contributed by atoms with van der Waals surface area (Å²) in [4.78, 5) is 4.04. The molecule has 0 radical (unpaired) electrons. The van der Waals surface area contributed by atoms with Crippen molar-refractivity contribution in [2.75, 3.05) is 12.0 Å². The van der Waals surface area contributed by atoms with E-state index >= 15 is 0 Å². The molecule has 0 spiro atoms. The van der Waals surface area contributed by atoms with Crippen LogP contribution in [0.1, 0.15) is 17.3 Å². The molecule has 1 aromatic heterocycles. The summed E-state index contributed by atoms with van der Waals surface area (Å²) < 4.78 is 27.2. The zero-order valence-electron chi connectivity index (χ0n) is 10.5. The number of nitrogens with zero attached hydrogens (tertiary/aromatic N) is 2. The van der Waals surface area contributed by atoms with Crippen LogP contribution in [-0.2, 0) is 28.4 Å². The van der Waals surface area contributed by atoms with Crippen molar-refractivity contribution < 1.29 is 12.9 Å². The Kier molecular flexibility index (Phi) is 3.84. The zero-order valence-corrected chi connectivity index (χ0v) is 11.4. The fraction of sp³-hybridized carbons (Fsp3) is 0.333. The highest BCUT2D eigenvalue weighted by molar-refractivity contribution is 7.89. The summed E-state index contributed by atoms with van der Waals surface area (Å²) in [6.45, 7) is 0.